The van der Waals surface area contributed by atoms with E-state index in [9.17, 15) is 4.39 Å². The summed E-state index contributed by atoms with van der Waals surface area (Å²) in [4.78, 5) is 6.75. The number of rotatable bonds is 6. The van der Waals surface area contributed by atoms with Crippen molar-refractivity contribution in [3.8, 4) is 16.9 Å². The van der Waals surface area contributed by atoms with Gasteiger partial charge in [0, 0.05) is 59.8 Å². The smallest absolute Gasteiger partial charge is 0.146 e. The molecule has 5 rings (SSSR count). The highest BCUT2D eigenvalue weighted by Crippen LogP contribution is 2.33. The van der Waals surface area contributed by atoms with Gasteiger partial charge in [0.25, 0.3) is 0 Å². The Hall–Kier alpha value is -2.96. The first kappa shape index (κ1) is 22.8. The van der Waals surface area contributed by atoms with Crippen LogP contribution in [-0.4, -0.2) is 42.0 Å². The monoisotopic (exact) mass is 462 g/mol. The second-order valence-electron chi connectivity index (χ2n) is 10.1. The number of aromatic nitrogens is 5. The van der Waals surface area contributed by atoms with Gasteiger partial charge in [0.05, 0.1) is 29.5 Å². The summed E-state index contributed by atoms with van der Waals surface area (Å²) in [5.74, 6) is 0.254. The van der Waals surface area contributed by atoms with Crippen LogP contribution in [0.15, 0.2) is 36.9 Å². The van der Waals surface area contributed by atoms with Crippen molar-refractivity contribution in [3.63, 3.8) is 0 Å². The van der Waals surface area contributed by atoms with Crippen LogP contribution in [0.5, 0.6) is 0 Å². The molecule has 180 valence electrons. The molecule has 1 fully saturated rings. The Bertz CT molecular complexity index is 1190. The highest BCUT2D eigenvalue weighted by Gasteiger charge is 2.28. The number of hydrogen-bond acceptors (Lipinski definition) is 4. The molecule has 0 bridgehead atoms. The van der Waals surface area contributed by atoms with Crippen molar-refractivity contribution in [1.29, 1.82) is 0 Å². The van der Waals surface area contributed by atoms with Crippen LogP contribution >= 0.6 is 0 Å². The van der Waals surface area contributed by atoms with Crippen LogP contribution in [0.1, 0.15) is 63.4 Å². The van der Waals surface area contributed by atoms with Gasteiger partial charge in [0.15, 0.2) is 0 Å². The van der Waals surface area contributed by atoms with Crippen molar-refractivity contribution >= 4 is 0 Å². The Labute approximate surface area is 201 Å². The van der Waals surface area contributed by atoms with E-state index in [1.54, 1.807) is 12.3 Å². The van der Waals surface area contributed by atoms with Gasteiger partial charge in [0.1, 0.15) is 5.82 Å². The zero-order valence-electron chi connectivity index (χ0n) is 20.6. The second kappa shape index (κ2) is 9.35. The Morgan fingerprint density at radius 1 is 1.18 bits per heavy atom. The van der Waals surface area contributed by atoms with Crippen LogP contribution in [0.4, 0.5) is 4.39 Å². The second-order valence-corrected chi connectivity index (χ2v) is 10.1. The molecule has 2 aliphatic rings. The van der Waals surface area contributed by atoms with Gasteiger partial charge in [0.2, 0.25) is 0 Å². The molecular weight excluding hydrogens is 427 g/mol. The van der Waals surface area contributed by atoms with E-state index >= 15 is 0 Å². The van der Waals surface area contributed by atoms with Crippen molar-refractivity contribution < 1.29 is 4.39 Å². The molecule has 1 aliphatic carbocycles. The van der Waals surface area contributed by atoms with Gasteiger partial charge >= 0.3 is 0 Å². The summed E-state index contributed by atoms with van der Waals surface area (Å²) in [7, 11) is 0. The fraction of sp³-hybridized carbons (Fsp3) is 0.519. The molecular formula is C27H35FN6. The van der Waals surface area contributed by atoms with Gasteiger partial charge in [-0.05, 0) is 52.4 Å². The van der Waals surface area contributed by atoms with E-state index in [0.29, 0.717) is 29.8 Å². The lowest BCUT2D eigenvalue weighted by Gasteiger charge is -2.24. The molecule has 0 N–H and O–H groups in total. The Balaban J connectivity index is 1.45. The van der Waals surface area contributed by atoms with E-state index in [2.05, 4.69) is 46.3 Å². The molecule has 3 aromatic heterocycles. The molecule has 1 atom stereocenters. The van der Waals surface area contributed by atoms with Crippen LogP contribution in [0.25, 0.3) is 16.9 Å². The lowest BCUT2D eigenvalue weighted by molar-refractivity contribution is 0.292. The standard InChI is InChI=1S/C27H35FN6/c1-5-25-24(28)12-22(14-29-25)34-26-10-8-6-7-9-23(26)27(31-34)21-13-30-32(17-21)15-20-11-19(4)33(16-20)18(2)3/h12-14,17-18,20H,4-11,15-16H2,1-3H3. The lowest BCUT2D eigenvalue weighted by Crippen LogP contribution is -2.27. The Morgan fingerprint density at radius 2 is 2.00 bits per heavy atom. The normalized spacial score (nSPS) is 18.6. The van der Waals surface area contributed by atoms with E-state index in [4.69, 9.17) is 5.10 Å². The highest BCUT2D eigenvalue weighted by atomic mass is 19.1. The van der Waals surface area contributed by atoms with Crippen molar-refractivity contribution in [2.24, 2.45) is 5.92 Å². The van der Waals surface area contributed by atoms with Crippen LogP contribution in [0, 0.1) is 11.7 Å². The van der Waals surface area contributed by atoms with Gasteiger partial charge < -0.3 is 4.90 Å². The van der Waals surface area contributed by atoms with Crippen LogP contribution in [0.3, 0.4) is 0 Å². The molecule has 0 saturated carbocycles. The largest absolute Gasteiger partial charge is 0.372 e. The number of halogens is 1. The van der Waals surface area contributed by atoms with Gasteiger partial charge in [-0.15, -0.1) is 0 Å². The molecule has 34 heavy (non-hydrogen) atoms. The average Bonchev–Trinajstić information content (AvgIpc) is 3.46. The van der Waals surface area contributed by atoms with Gasteiger partial charge in [-0.25, -0.2) is 9.07 Å². The predicted molar refractivity (Wildman–Crippen MR) is 132 cm³/mol. The van der Waals surface area contributed by atoms with E-state index in [-0.39, 0.29) is 5.82 Å². The van der Waals surface area contributed by atoms with Crippen LogP contribution in [-0.2, 0) is 25.8 Å². The highest BCUT2D eigenvalue weighted by molar-refractivity contribution is 5.64. The molecule has 4 heterocycles. The van der Waals surface area contributed by atoms with E-state index < -0.39 is 0 Å². The molecule has 1 unspecified atom stereocenters. The first-order chi connectivity index (χ1) is 16.4. The molecule has 0 radical (unpaired) electrons. The maximum Gasteiger partial charge on any atom is 0.146 e. The number of pyridine rings is 1. The van der Waals surface area contributed by atoms with Crippen molar-refractivity contribution in [1.82, 2.24) is 29.4 Å². The number of allylic oxidation sites excluding steroid dienone is 1. The third-order valence-corrected chi connectivity index (χ3v) is 7.27. The molecule has 7 heteroatoms. The molecule has 3 aromatic rings. The minimum atomic E-state index is -0.263. The number of nitrogens with zero attached hydrogens (tertiary/aromatic N) is 6. The zero-order valence-corrected chi connectivity index (χ0v) is 20.6. The molecule has 1 saturated heterocycles. The van der Waals surface area contributed by atoms with Gasteiger partial charge in [-0.3, -0.25) is 9.67 Å². The summed E-state index contributed by atoms with van der Waals surface area (Å²) in [5.41, 5.74) is 6.89. The first-order valence-corrected chi connectivity index (χ1v) is 12.7. The minimum absolute atomic E-state index is 0.263. The summed E-state index contributed by atoms with van der Waals surface area (Å²) in [6.45, 7) is 12.5. The van der Waals surface area contributed by atoms with Crippen molar-refractivity contribution in [2.45, 2.75) is 78.3 Å². The molecule has 1 aliphatic heterocycles. The summed E-state index contributed by atoms with van der Waals surface area (Å²) in [6, 6.07) is 2.06. The summed E-state index contributed by atoms with van der Waals surface area (Å²) in [5, 5.41) is 9.69. The quantitative estimate of drug-likeness (QED) is 0.464. The lowest BCUT2D eigenvalue weighted by atomic mass is 10.0. The summed E-state index contributed by atoms with van der Waals surface area (Å²) >= 11 is 0. The topological polar surface area (TPSA) is 51.8 Å². The fourth-order valence-electron chi connectivity index (χ4n) is 5.52. The van der Waals surface area contributed by atoms with Crippen molar-refractivity contribution in [2.75, 3.05) is 6.54 Å². The van der Waals surface area contributed by atoms with Gasteiger partial charge in [-0.1, -0.05) is 19.9 Å². The number of hydrogen-bond donors (Lipinski definition) is 0. The van der Waals surface area contributed by atoms with Crippen LogP contribution in [0.2, 0.25) is 0 Å². The predicted octanol–water partition coefficient (Wildman–Crippen LogP) is 5.35. The van der Waals surface area contributed by atoms with Gasteiger partial charge in [-0.2, -0.15) is 10.2 Å². The molecule has 6 nitrogen and oxygen atoms in total. The van der Waals surface area contributed by atoms with Crippen LogP contribution < -0.4 is 0 Å². The molecule has 0 aromatic carbocycles. The molecule has 0 spiro atoms. The Kier molecular flexibility index (Phi) is 6.28. The minimum Gasteiger partial charge on any atom is -0.372 e. The maximum absolute atomic E-state index is 14.6. The van der Waals surface area contributed by atoms with E-state index in [1.807, 2.05) is 17.8 Å². The maximum atomic E-state index is 14.6. The SMILES string of the molecule is C=C1CC(Cn2cc(-c3nn(-c4cnc(CC)c(F)c4)c4c3CCCCC4)cn2)CN1C(C)C. The first-order valence-electron chi connectivity index (χ1n) is 12.7. The van der Waals surface area contributed by atoms with E-state index in [0.717, 1.165) is 56.5 Å². The third kappa shape index (κ3) is 4.28. The average molecular weight is 463 g/mol. The zero-order chi connectivity index (χ0) is 23.8. The third-order valence-electron chi connectivity index (χ3n) is 7.27. The van der Waals surface area contributed by atoms with E-state index in [1.165, 1.54) is 23.4 Å². The fourth-order valence-corrected chi connectivity index (χ4v) is 5.52. The molecule has 0 amide bonds. The summed E-state index contributed by atoms with van der Waals surface area (Å²) in [6.07, 6.45) is 12.8. The number of aryl methyl sites for hydroxylation is 1. The number of fused-ring (bicyclic) bond motifs is 1. The summed E-state index contributed by atoms with van der Waals surface area (Å²) < 4.78 is 18.5. The van der Waals surface area contributed by atoms with Crippen molar-refractivity contribution in [3.05, 3.63) is 59.7 Å². The Morgan fingerprint density at radius 3 is 2.74 bits per heavy atom. The number of likely N-dealkylation sites (tertiary alicyclic amines) is 1.